The van der Waals surface area contributed by atoms with E-state index in [1.807, 2.05) is 0 Å². The molecule has 1 saturated heterocycles. The molecule has 8 heteroatoms. The summed E-state index contributed by atoms with van der Waals surface area (Å²) in [6.45, 7) is 0.171. The highest BCUT2D eigenvalue weighted by Crippen LogP contribution is 2.26. The lowest BCUT2D eigenvalue weighted by Crippen LogP contribution is -2.25. The Morgan fingerprint density at radius 3 is 2.93 bits per heavy atom. The number of anilines is 1. The van der Waals surface area contributed by atoms with Crippen LogP contribution in [0, 0.1) is 9.87 Å². The summed E-state index contributed by atoms with van der Waals surface area (Å²) in [5.74, 6) is -1.82. The lowest BCUT2D eigenvalue weighted by molar-refractivity contribution is -0.141. The van der Waals surface area contributed by atoms with Crippen LogP contribution in [0.4, 0.5) is 5.13 Å². The van der Waals surface area contributed by atoms with Gasteiger partial charge in [0.05, 0.1) is 5.92 Å². The van der Waals surface area contributed by atoms with Gasteiger partial charge in [0, 0.05) is 13.0 Å². The molecular weight excluding hydrogens is 238 g/mol. The van der Waals surface area contributed by atoms with Crippen LogP contribution in [0.15, 0.2) is 0 Å². The van der Waals surface area contributed by atoms with Crippen LogP contribution >= 0.6 is 23.6 Å². The molecule has 1 unspecified atom stereocenters. The van der Waals surface area contributed by atoms with E-state index in [9.17, 15) is 9.59 Å². The van der Waals surface area contributed by atoms with Crippen molar-refractivity contribution in [3.05, 3.63) is 3.95 Å². The summed E-state index contributed by atoms with van der Waals surface area (Å²) in [6, 6.07) is 0. The molecule has 1 atom stereocenters. The van der Waals surface area contributed by atoms with E-state index in [0.29, 0.717) is 9.09 Å². The number of carbonyl (C=O) groups excluding carboxylic acids is 1. The smallest absolute Gasteiger partial charge is 0.308 e. The van der Waals surface area contributed by atoms with Crippen LogP contribution in [0.5, 0.6) is 0 Å². The molecule has 1 aromatic rings. The van der Waals surface area contributed by atoms with Gasteiger partial charge in [-0.1, -0.05) is 11.3 Å². The monoisotopic (exact) mass is 245 g/mol. The van der Waals surface area contributed by atoms with Crippen molar-refractivity contribution in [1.82, 2.24) is 10.2 Å². The lowest BCUT2D eigenvalue weighted by atomic mass is 10.1. The average Bonchev–Trinajstić information content (AvgIpc) is 2.71. The molecule has 15 heavy (non-hydrogen) atoms. The number of nitrogens with one attached hydrogen (secondary N) is 1. The molecular formula is C7H7N3O3S2. The molecule has 80 valence electrons. The van der Waals surface area contributed by atoms with Gasteiger partial charge >= 0.3 is 5.97 Å². The Morgan fingerprint density at radius 1 is 1.73 bits per heavy atom. The van der Waals surface area contributed by atoms with Gasteiger partial charge in [0.2, 0.25) is 11.0 Å². The number of aromatic amines is 1. The second-order valence-electron chi connectivity index (χ2n) is 3.14. The van der Waals surface area contributed by atoms with Crippen molar-refractivity contribution in [2.45, 2.75) is 6.42 Å². The molecule has 1 aliphatic rings. The molecule has 1 amide bonds. The molecule has 2 rings (SSSR count). The number of nitrogens with zero attached hydrogens (tertiary/aromatic N) is 2. The van der Waals surface area contributed by atoms with Crippen LogP contribution in [-0.2, 0) is 9.59 Å². The number of carboxylic acid groups (broad SMARTS) is 1. The minimum atomic E-state index is -0.954. The molecule has 1 aromatic heterocycles. The van der Waals surface area contributed by atoms with Crippen LogP contribution in [-0.4, -0.2) is 33.7 Å². The number of aromatic nitrogens is 2. The van der Waals surface area contributed by atoms with E-state index in [1.165, 1.54) is 4.90 Å². The number of rotatable bonds is 2. The van der Waals surface area contributed by atoms with E-state index in [1.54, 1.807) is 0 Å². The zero-order chi connectivity index (χ0) is 11.0. The molecule has 1 fully saturated rings. The fourth-order valence-corrected chi connectivity index (χ4v) is 2.30. The fraction of sp³-hybridized carbons (Fsp3) is 0.429. The van der Waals surface area contributed by atoms with E-state index < -0.39 is 11.9 Å². The SMILES string of the molecule is O=C(O)C1CC(=O)N(c2n[nH]c(=S)s2)C1. The van der Waals surface area contributed by atoms with E-state index in [0.717, 1.165) is 11.3 Å². The van der Waals surface area contributed by atoms with Crippen LogP contribution in [0.3, 0.4) is 0 Å². The van der Waals surface area contributed by atoms with Crippen molar-refractivity contribution in [3.63, 3.8) is 0 Å². The molecule has 6 nitrogen and oxygen atoms in total. The van der Waals surface area contributed by atoms with Crippen LogP contribution in [0.2, 0.25) is 0 Å². The first-order valence-electron chi connectivity index (χ1n) is 4.16. The summed E-state index contributed by atoms with van der Waals surface area (Å²) in [6.07, 6.45) is 0.0294. The Morgan fingerprint density at radius 2 is 2.47 bits per heavy atom. The van der Waals surface area contributed by atoms with Crippen molar-refractivity contribution in [2.24, 2.45) is 5.92 Å². The Kier molecular flexibility index (Phi) is 2.53. The standard InChI is InChI=1S/C7H7N3O3S2/c11-4-1-3(5(12)13)2-10(4)6-8-9-7(14)15-6/h3H,1-2H2,(H,9,14)(H,12,13). The number of H-pyrrole nitrogens is 1. The van der Waals surface area contributed by atoms with Gasteiger partial charge in [0.25, 0.3) is 0 Å². The molecule has 0 radical (unpaired) electrons. The van der Waals surface area contributed by atoms with Crippen LogP contribution < -0.4 is 4.90 Å². The summed E-state index contributed by atoms with van der Waals surface area (Å²) in [7, 11) is 0. The molecule has 0 spiro atoms. The summed E-state index contributed by atoms with van der Waals surface area (Å²) >= 11 is 6.00. The predicted molar refractivity (Wildman–Crippen MR) is 55.4 cm³/mol. The number of hydrogen-bond acceptors (Lipinski definition) is 5. The first kappa shape index (κ1) is 10.2. The Balaban J connectivity index is 2.22. The van der Waals surface area contributed by atoms with Crippen molar-refractivity contribution >= 4 is 40.6 Å². The topological polar surface area (TPSA) is 86.3 Å². The second-order valence-corrected chi connectivity index (χ2v) is 4.78. The highest BCUT2D eigenvalue weighted by atomic mass is 32.1. The average molecular weight is 245 g/mol. The van der Waals surface area contributed by atoms with E-state index in [2.05, 4.69) is 10.2 Å². The summed E-state index contributed by atoms with van der Waals surface area (Å²) in [5, 5.41) is 15.6. The molecule has 0 bridgehead atoms. The van der Waals surface area contributed by atoms with Gasteiger partial charge < -0.3 is 5.11 Å². The van der Waals surface area contributed by atoms with E-state index in [4.69, 9.17) is 17.3 Å². The minimum absolute atomic E-state index is 0.0294. The van der Waals surface area contributed by atoms with Gasteiger partial charge in [-0.2, -0.15) is 0 Å². The van der Waals surface area contributed by atoms with Crippen LogP contribution in [0.25, 0.3) is 0 Å². The van der Waals surface area contributed by atoms with E-state index in [-0.39, 0.29) is 18.9 Å². The Bertz CT molecular complexity index is 466. The highest BCUT2D eigenvalue weighted by molar-refractivity contribution is 7.73. The Hall–Kier alpha value is -1.28. The normalized spacial score (nSPS) is 20.9. The highest BCUT2D eigenvalue weighted by Gasteiger charge is 2.36. The summed E-state index contributed by atoms with van der Waals surface area (Å²) < 4.78 is 0.469. The minimum Gasteiger partial charge on any atom is -0.481 e. The molecule has 1 aliphatic heterocycles. The van der Waals surface area contributed by atoms with E-state index >= 15 is 0 Å². The second kappa shape index (κ2) is 3.70. The first-order valence-corrected chi connectivity index (χ1v) is 5.39. The zero-order valence-corrected chi connectivity index (χ0v) is 9.10. The zero-order valence-electron chi connectivity index (χ0n) is 7.47. The van der Waals surface area contributed by atoms with Crippen LogP contribution in [0.1, 0.15) is 6.42 Å². The maximum absolute atomic E-state index is 11.5. The molecule has 0 saturated carbocycles. The van der Waals surface area contributed by atoms with Crippen molar-refractivity contribution in [1.29, 1.82) is 0 Å². The maximum Gasteiger partial charge on any atom is 0.308 e. The number of carbonyl (C=O) groups is 2. The van der Waals surface area contributed by atoms with Gasteiger partial charge in [-0.15, -0.1) is 5.10 Å². The number of amides is 1. The van der Waals surface area contributed by atoms with Gasteiger partial charge in [-0.25, -0.2) is 0 Å². The number of aliphatic carboxylic acids is 1. The van der Waals surface area contributed by atoms with Gasteiger partial charge in [0.15, 0.2) is 3.95 Å². The van der Waals surface area contributed by atoms with Crippen molar-refractivity contribution in [3.8, 4) is 0 Å². The predicted octanol–water partition coefficient (Wildman–Crippen LogP) is 0.638. The molecule has 0 aliphatic carbocycles. The van der Waals surface area contributed by atoms with Crippen molar-refractivity contribution in [2.75, 3.05) is 11.4 Å². The molecule has 2 heterocycles. The largest absolute Gasteiger partial charge is 0.481 e. The lowest BCUT2D eigenvalue weighted by Gasteiger charge is -2.10. The third-order valence-electron chi connectivity index (χ3n) is 2.13. The summed E-state index contributed by atoms with van der Waals surface area (Å²) in [5.41, 5.74) is 0. The fourth-order valence-electron chi connectivity index (χ4n) is 1.40. The molecule has 2 N–H and O–H groups in total. The first-order chi connectivity index (χ1) is 7.08. The Labute approximate surface area is 93.5 Å². The number of carboxylic acids is 1. The number of hydrogen-bond donors (Lipinski definition) is 2. The van der Waals surface area contributed by atoms with Gasteiger partial charge in [0.1, 0.15) is 0 Å². The third-order valence-corrected chi connectivity index (χ3v) is 3.24. The van der Waals surface area contributed by atoms with Crippen molar-refractivity contribution < 1.29 is 14.7 Å². The summed E-state index contributed by atoms with van der Waals surface area (Å²) in [4.78, 5) is 23.5. The maximum atomic E-state index is 11.5. The van der Waals surface area contributed by atoms with Gasteiger partial charge in [-0.05, 0) is 12.2 Å². The third kappa shape index (κ3) is 1.90. The quantitative estimate of drug-likeness (QED) is 0.747. The molecule has 0 aromatic carbocycles. The van der Waals surface area contributed by atoms with Gasteiger partial charge in [-0.3, -0.25) is 19.6 Å².